The van der Waals surface area contributed by atoms with Gasteiger partial charge in [-0.2, -0.15) is 0 Å². The highest BCUT2D eigenvalue weighted by molar-refractivity contribution is 5.79. The van der Waals surface area contributed by atoms with E-state index in [0.29, 0.717) is 17.9 Å². The summed E-state index contributed by atoms with van der Waals surface area (Å²) in [6, 6.07) is 11.5. The lowest BCUT2D eigenvalue weighted by atomic mass is 10.1. The van der Waals surface area contributed by atoms with Crippen molar-refractivity contribution in [1.29, 1.82) is 0 Å². The predicted octanol–water partition coefficient (Wildman–Crippen LogP) is 3.70. The molecule has 0 fully saturated rings. The summed E-state index contributed by atoms with van der Waals surface area (Å²) in [6.45, 7) is 4.33. The normalized spacial score (nSPS) is 10.2. The minimum atomic E-state index is 0.370. The van der Waals surface area contributed by atoms with E-state index in [9.17, 15) is 4.79 Å². The molecule has 0 aliphatic rings. The number of rotatable bonds is 5. The number of hydrogen-bond acceptors (Lipinski definition) is 3. The molecule has 0 unspecified atom stereocenters. The Bertz CT molecular complexity index is 618. The van der Waals surface area contributed by atoms with E-state index in [0.717, 1.165) is 28.7 Å². The van der Waals surface area contributed by atoms with E-state index in [1.165, 1.54) is 0 Å². The van der Waals surface area contributed by atoms with Gasteiger partial charge in [0.15, 0.2) is 6.29 Å². The van der Waals surface area contributed by atoms with Gasteiger partial charge >= 0.3 is 0 Å². The lowest BCUT2D eigenvalue weighted by molar-refractivity contribution is 0.111. The van der Waals surface area contributed by atoms with Crippen LogP contribution < -0.4 is 9.47 Å². The van der Waals surface area contributed by atoms with Gasteiger partial charge in [0.1, 0.15) is 18.1 Å². The Morgan fingerprint density at radius 1 is 1.00 bits per heavy atom. The average molecular weight is 270 g/mol. The molecule has 0 saturated heterocycles. The number of aryl methyl sites for hydroxylation is 2. The minimum Gasteiger partial charge on any atom is -0.496 e. The van der Waals surface area contributed by atoms with Gasteiger partial charge in [0.25, 0.3) is 0 Å². The molecule has 0 radical (unpaired) electrons. The molecule has 0 spiro atoms. The van der Waals surface area contributed by atoms with Crippen molar-refractivity contribution < 1.29 is 14.3 Å². The Morgan fingerprint density at radius 2 is 1.65 bits per heavy atom. The van der Waals surface area contributed by atoms with Crippen LogP contribution in [0.1, 0.15) is 27.0 Å². The third-order valence-corrected chi connectivity index (χ3v) is 3.11. The maximum atomic E-state index is 11.1. The molecule has 0 bridgehead atoms. The summed E-state index contributed by atoms with van der Waals surface area (Å²) in [5, 5.41) is 0. The molecule has 0 amide bonds. The maximum absolute atomic E-state index is 11.1. The van der Waals surface area contributed by atoms with Crippen molar-refractivity contribution in [3.63, 3.8) is 0 Å². The summed E-state index contributed by atoms with van der Waals surface area (Å²) in [6.07, 6.45) is 0.815. The summed E-state index contributed by atoms with van der Waals surface area (Å²) in [5.74, 6) is 1.38. The van der Waals surface area contributed by atoms with Gasteiger partial charge in [0.05, 0.1) is 12.7 Å². The van der Waals surface area contributed by atoms with Crippen molar-refractivity contribution in [1.82, 2.24) is 0 Å². The van der Waals surface area contributed by atoms with Crippen molar-refractivity contribution in [3.05, 3.63) is 58.7 Å². The van der Waals surface area contributed by atoms with E-state index in [1.54, 1.807) is 7.11 Å². The first-order chi connectivity index (χ1) is 9.63. The third-order valence-electron chi connectivity index (χ3n) is 3.11. The van der Waals surface area contributed by atoms with E-state index < -0.39 is 0 Å². The summed E-state index contributed by atoms with van der Waals surface area (Å²) in [4.78, 5) is 11.1. The van der Waals surface area contributed by atoms with Crippen LogP contribution in [-0.2, 0) is 6.61 Å². The van der Waals surface area contributed by atoms with Crippen molar-refractivity contribution in [3.8, 4) is 11.5 Å². The van der Waals surface area contributed by atoms with Gasteiger partial charge in [-0.15, -0.1) is 0 Å². The fraction of sp³-hybridized carbons (Fsp3) is 0.235. The van der Waals surface area contributed by atoms with E-state index in [1.807, 2.05) is 50.2 Å². The number of ether oxygens (including phenoxy) is 2. The van der Waals surface area contributed by atoms with E-state index >= 15 is 0 Å². The number of aldehydes is 1. The molecule has 104 valence electrons. The van der Waals surface area contributed by atoms with Crippen LogP contribution >= 0.6 is 0 Å². The Balaban J connectivity index is 2.20. The molecule has 0 aliphatic carbocycles. The fourth-order valence-corrected chi connectivity index (χ4v) is 2.07. The monoisotopic (exact) mass is 270 g/mol. The highest BCUT2D eigenvalue weighted by Crippen LogP contribution is 2.24. The van der Waals surface area contributed by atoms with Crippen LogP contribution in [0, 0.1) is 13.8 Å². The molecule has 3 nitrogen and oxygen atoms in total. The van der Waals surface area contributed by atoms with Gasteiger partial charge < -0.3 is 9.47 Å². The molecular formula is C17H18O3. The lowest BCUT2D eigenvalue weighted by Gasteiger charge is -2.12. The lowest BCUT2D eigenvalue weighted by Crippen LogP contribution is -2.01. The summed E-state index contributed by atoms with van der Waals surface area (Å²) in [7, 11) is 1.64. The molecule has 2 aromatic rings. The van der Waals surface area contributed by atoms with Gasteiger partial charge in [-0.3, -0.25) is 4.79 Å². The Kier molecular flexibility index (Phi) is 4.41. The Labute approximate surface area is 119 Å². The van der Waals surface area contributed by atoms with Crippen LogP contribution in [0.25, 0.3) is 0 Å². The number of carbonyl (C=O) groups is 1. The summed E-state index contributed by atoms with van der Waals surface area (Å²) < 4.78 is 11.1. The van der Waals surface area contributed by atoms with Crippen LogP contribution in [0.5, 0.6) is 11.5 Å². The number of methoxy groups -OCH3 is 1. The standard InChI is InChI=1S/C17H18O3/c1-12-5-7-17(14(8-12)10-18)20-11-15-9-13(2)4-6-16(15)19-3/h4-10H,11H2,1-3H3. The Hall–Kier alpha value is -2.29. The Morgan fingerprint density at radius 3 is 2.30 bits per heavy atom. The van der Waals surface area contributed by atoms with E-state index in [-0.39, 0.29) is 0 Å². The van der Waals surface area contributed by atoms with Crippen LogP contribution in [0.2, 0.25) is 0 Å². The topological polar surface area (TPSA) is 35.5 Å². The first-order valence-corrected chi connectivity index (χ1v) is 6.46. The molecule has 0 atom stereocenters. The highest BCUT2D eigenvalue weighted by atomic mass is 16.5. The van der Waals surface area contributed by atoms with Gasteiger partial charge in [0, 0.05) is 5.56 Å². The number of benzene rings is 2. The second-order valence-corrected chi connectivity index (χ2v) is 4.76. The SMILES string of the molecule is COc1ccc(C)cc1COc1ccc(C)cc1C=O. The molecule has 0 aliphatic heterocycles. The predicted molar refractivity (Wildman–Crippen MR) is 78.6 cm³/mol. The second kappa shape index (κ2) is 6.24. The van der Waals surface area contributed by atoms with Gasteiger partial charge in [-0.25, -0.2) is 0 Å². The zero-order valence-corrected chi connectivity index (χ0v) is 12.0. The van der Waals surface area contributed by atoms with Crippen LogP contribution in [0.4, 0.5) is 0 Å². The average Bonchev–Trinajstić information content (AvgIpc) is 2.46. The second-order valence-electron chi connectivity index (χ2n) is 4.76. The highest BCUT2D eigenvalue weighted by Gasteiger charge is 2.07. The van der Waals surface area contributed by atoms with Crippen LogP contribution in [-0.4, -0.2) is 13.4 Å². The molecule has 20 heavy (non-hydrogen) atoms. The largest absolute Gasteiger partial charge is 0.496 e. The fourth-order valence-electron chi connectivity index (χ4n) is 2.07. The minimum absolute atomic E-state index is 0.370. The maximum Gasteiger partial charge on any atom is 0.153 e. The van der Waals surface area contributed by atoms with Crippen LogP contribution in [0.15, 0.2) is 36.4 Å². The molecule has 3 heteroatoms. The molecule has 0 N–H and O–H groups in total. The van der Waals surface area contributed by atoms with Crippen molar-refractivity contribution >= 4 is 6.29 Å². The molecule has 0 heterocycles. The zero-order valence-electron chi connectivity index (χ0n) is 12.0. The summed E-state index contributed by atoms with van der Waals surface area (Å²) in [5.41, 5.74) is 3.71. The molecule has 0 saturated carbocycles. The quantitative estimate of drug-likeness (QED) is 0.777. The van der Waals surface area contributed by atoms with Gasteiger partial charge in [-0.05, 0) is 38.1 Å². The molecule has 2 rings (SSSR count). The third kappa shape index (κ3) is 3.18. The summed E-state index contributed by atoms with van der Waals surface area (Å²) >= 11 is 0. The smallest absolute Gasteiger partial charge is 0.153 e. The first-order valence-electron chi connectivity index (χ1n) is 6.46. The van der Waals surface area contributed by atoms with Gasteiger partial charge in [0.2, 0.25) is 0 Å². The zero-order chi connectivity index (χ0) is 14.5. The van der Waals surface area contributed by atoms with Crippen molar-refractivity contribution in [2.45, 2.75) is 20.5 Å². The molecular weight excluding hydrogens is 252 g/mol. The van der Waals surface area contributed by atoms with E-state index in [2.05, 4.69) is 0 Å². The number of hydrogen-bond donors (Lipinski definition) is 0. The molecule has 2 aromatic carbocycles. The number of carbonyl (C=O) groups excluding carboxylic acids is 1. The van der Waals surface area contributed by atoms with E-state index in [4.69, 9.17) is 9.47 Å². The van der Waals surface area contributed by atoms with Gasteiger partial charge in [-0.1, -0.05) is 23.3 Å². The molecule has 0 aromatic heterocycles. The van der Waals surface area contributed by atoms with Crippen molar-refractivity contribution in [2.75, 3.05) is 7.11 Å². The van der Waals surface area contributed by atoms with Crippen molar-refractivity contribution in [2.24, 2.45) is 0 Å². The van der Waals surface area contributed by atoms with Crippen LogP contribution in [0.3, 0.4) is 0 Å². The first kappa shape index (κ1) is 14.1.